The van der Waals surface area contributed by atoms with Gasteiger partial charge in [-0.1, -0.05) is 13.8 Å². The van der Waals surface area contributed by atoms with Crippen LogP contribution in [0.15, 0.2) is 0 Å². The van der Waals surface area contributed by atoms with Crippen molar-refractivity contribution in [3.63, 3.8) is 0 Å². The van der Waals surface area contributed by atoms with Crippen LogP contribution in [0, 0.1) is 11.8 Å². The van der Waals surface area contributed by atoms with E-state index in [1.54, 1.807) is 4.90 Å². The molecule has 2 fully saturated rings. The first-order valence-electron chi connectivity index (χ1n) is 7.59. The predicted molar refractivity (Wildman–Crippen MR) is 74.9 cm³/mol. The first kappa shape index (κ1) is 15.0. The molecule has 0 aromatic heterocycles. The van der Waals surface area contributed by atoms with Crippen LogP contribution in [0.2, 0.25) is 0 Å². The zero-order chi connectivity index (χ0) is 14.7. The van der Waals surface area contributed by atoms with E-state index < -0.39 is 0 Å². The normalized spacial score (nSPS) is 24.6. The number of hydrogen-bond acceptors (Lipinski definition) is 3. The van der Waals surface area contributed by atoms with Gasteiger partial charge in [-0.3, -0.25) is 9.59 Å². The van der Waals surface area contributed by atoms with Crippen molar-refractivity contribution in [2.24, 2.45) is 11.8 Å². The first-order chi connectivity index (χ1) is 9.56. The number of amides is 2. The summed E-state index contributed by atoms with van der Waals surface area (Å²) >= 11 is 0. The number of carbonyl (C=O) groups is 3. The molecule has 2 rings (SSSR count). The van der Waals surface area contributed by atoms with Gasteiger partial charge in [0.25, 0.3) is 0 Å². The van der Waals surface area contributed by atoms with Gasteiger partial charge >= 0.3 is 0 Å². The average Bonchev–Trinajstić information content (AvgIpc) is 3.03. The van der Waals surface area contributed by atoms with Crippen LogP contribution in [0.25, 0.3) is 0 Å². The summed E-state index contributed by atoms with van der Waals surface area (Å²) in [6.45, 7) is 6.18. The fraction of sp³-hybridized carbons (Fsp3) is 0.800. The Bertz CT molecular complexity index is 389. The Morgan fingerprint density at radius 1 is 1.30 bits per heavy atom. The van der Waals surface area contributed by atoms with Gasteiger partial charge in [-0.05, 0) is 25.2 Å². The standard InChI is InChI=1S/C15H24N2O3/c1-11(2)13(15(20)16-7-3-4-8-16)17-9-5-12(6-10-18)14(17)19/h10-13H,3-9H2,1-2H3. The largest absolute Gasteiger partial charge is 0.341 e. The maximum atomic E-state index is 12.6. The molecule has 2 unspecified atom stereocenters. The fourth-order valence-corrected chi connectivity index (χ4v) is 3.28. The molecule has 0 aromatic rings. The van der Waals surface area contributed by atoms with E-state index in [0.29, 0.717) is 13.0 Å². The maximum Gasteiger partial charge on any atom is 0.245 e. The smallest absolute Gasteiger partial charge is 0.245 e. The van der Waals surface area contributed by atoms with Crippen LogP contribution in [-0.4, -0.2) is 53.6 Å². The molecule has 2 amide bonds. The number of rotatable bonds is 5. The highest BCUT2D eigenvalue weighted by molar-refractivity contribution is 5.90. The SMILES string of the molecule is CC(C)C(C(=O)N1CCCC1)N1CCC(CC=O)C1=O. The summed E-state index contributed by atoms with van der Waals surface area (Å²) in [4.78, 5) is 39.2. The summed E-state index contributed by atoms with van der Waals surface area (Å²) in [6.07, 6.45) is 3.88. The molecule has 112 valence electrons. The van der Waals surface area contributed by atoms with Gasteiger partial charge in [0.1, 0.15) is 12.3 Å². The van der Waals surface area contributed by atoms with E-state index >= 15 is 0 Å². The molecule has 0 N–H and O–H groups in total. The molecular weight excluding hydrogens is 256 g/mol. The molecule has 2 heterocycles. The predicted octanol–water partition coefficient (Wildman–Crippen LogP) is 1.07. The van der Waals surface area contributed by atoms with E-state index in [4.69, 9.17) is 0 Å². The van der Waals surface area contributed by atoms with E-state index in [1.165, 1.54) is 0 Å². The summed E-state index contributed by atoms with van der Waals surface area (Å²) in [5.74, 6) is -0.0666. The quantitative estimate of drug-likeness (QED) is 0.708. The lowest BCUT2D eigenvalue weighted by Gasteiger charge is -2.33. The lowest BCUT2D eigenvalue weighted by molar-refractivity contribution is -0.146. The van der Waals surface area contributed by atoms with Crippen molar-refractivity contribution in [1.82, 2.24) is 9.80 Å². The highest BCUT2D eigenvalue weighted by atomic mass is 16.2. The Kier molecular flexibility index (Phi) is 4.78. The minimum Gasteiger partial charge on any atom is -0.341 e. The van der Waals surface area contributed by atoms with Crippen molar-refractivity contribution in [3.05, 3.63) is 0 Å². The van der Waals surface area contributed by atoms with Gasteiger partial charge in [-0.2, -0.15) is 0 Å². The second kappa shape index (κ2) is 6.37. The van der Waals surface area contributed by atoms with Crippen molar-refractivity contribution in [3.8, 4) is 0 Å². The molecule has 0 saturated carbocycles. The van der Waals surface area contributed by atoms with Crippen molar-refractivity contribution in [2.45, 2.75) is 45.6 Å². The zero-order valence-corrected chi connectivity index (χ0v) is 12.4. The summed E-state index contributed by atoms with van der Waals surface area (Å²) in [5, 5.41) is 0. The Morgan fingerprint density at radius 3 is 2.50 bits per heavy atom. The fourth-order valence-electron chi connectivity index (χ4n) is 3.28. The van der Waals surface area contributed by atoms with Gasteiger partial charge in [0.2, 0.25) is 11.8 Å². The molecule has 0 aromatic carbocycles. The van der Waals surface area contributed by atoms with E-state index in [1.807, 2.05) is 18.7 Å². The third-order valence-corrected chi connectivity index (χ3v) is 4.37. The van der Waals surface area contributed by atoms with E-state index in [0.717, 1.165) is 32.2 Å². The highest BCUT2D eigenvalue weighted by Crippen LogP contribution is 2.27. The Labute approximate surface area is 120 Å². The summed E-state index contributed by atoms with van der Waals surface area (Å²) in [6, 6.07) is -0.364. The van der Waals surface area contributed by atoms with Crippen molar-refractivity contribution < 1.29 is 14.4 Å². The molecule has 2 aliphatic rings. The summed E-state index contributed by atoms with van der Waals surface area (Å²) in [7, 11) is 0. The average molecular weight is 280 g/mol. The molecule has 2 saturated heterocycles. The van der Waals surface area contributed by atoms with Crippen LogP contribution in [-0.2, 0) is 14.4 Å². The second-order valence-corrected chi connectivity index (χ2v) is 6.14. The molecular formula is C15H24N2O3. The molecule has 5 heteroatoms. The molecule has 0 aliphatic carbocycles. The minimum atomic E-state index is -0.364. The number of likely N-dealkylation sites (tertiary alicyclic amines) is 2. The number of nitrogens with zero attached hydrogens (tertiary/aromatic N) is 2. The highest BCUT2D eigenvalue weighted by Gasteiger charge is 2.41. The number of hydrogen-bond donors (Lipinski definition) is 0. The van der Waals surface area contributed by atoms with Crippen LogP contribution in [0.4, 0.5) is 0 Å². The van der Waals surface area contributed by atoms with E-state index in [9.17, 15) is 14.4 Å². The van der Waals surface area contributed by atoms with Gasteiger partial charge in [-0.15, -0.1) is 0 Å². The number of carbonyl (C=O) groups excluding carboxylic acids is 3. The Hall–Kier alpha value is -1.39. The van der Waals surface area contributed by atoms with E-state index in [-0.39, 0.29) is 36.1 Å². The lowest BCUT2D eigenvalue weighted by Crippen LogP contribution is -2.51. The van der Waals surface area contributed by atoms with Crippen LogP contribution in [0.5, 0.6) is 0 Å². The van der Waals surface area contributed by atoms with Gasteiger partial charge in [-0.25, -0.2) is 0 Å². The topological polar surface area (TPSA) is 57.7 Å². The van der Waals surface area contributed by atoms with Crippen LogP contribution in [0.1, 0.15) is 39.5 Å². The van der Waals surface area contributed by atoms with Gasteiger partial charge in [0, 0.05) is 32.0 Å². The van der Waals surface area contributed by atoms with E-state index in [2.05, 4.69) is 0 Å². The molecule has 2 atom stereocenters. The van der Waals surface area contributed by atoms with Crippen LogP contribution in [0.3, 0.4) is 0 Å². The van der Waals surface area contributed by atoms with Crippen molar-refractivity contribution in [2.75, 3.05) is 19.6 Å². The van der Waals surface area contributed by atoms with Gasteiger partial charge in [0.15, 0.2) is 0 Å². The zero-order valence-electron chi connectivity index (χ0n) is 12.4. The molecule has 5 nitrogen and oxygen atoms in total. The molecule has 20 heavy (non-hydrogen) atoms. The minimum absolute atomic E-state index is 0.0247. The van der Waals surface area contributed by atoms with Crippen molar-refractivity contribution >= 4 is 18.1 Å². The van der Waals surface area contributed by atoms with Crippen LogP contribution < -0.4 is 0 Å². The third-order valence-electron chi connectivity index (χ3n) is 4.37. The molecule has 0 bridgehead atoms. The maximum absolute atomic E-state index is 12.6. The second-order valence-electron chi connectivity index (χ2n) is 6.14. The number of aldehydes is 1. The molecule has 0 radical (unpaired) electrons. The van der Waals surface area contributed by atoms with Gasteiger partial charge in [0.05, 0.1) is 0 Å². The van der Waals surface area contributed by atoms with Gasteiger partial charge < -0.3 is 14.6 Å². The monoisotopic (exact) mass is 280 g/mol. The van der Waals surface area contributed by atoms with Crippen LogP contribution >= 0.6 is 0 Å². The molecule has 2 aliphatic heterocycles. The third kappa shape index (κ3) is 2.86. The summed E-state index contributed by atoms with van der Waals surface area (Å²) in [5.41, 5.74) is 0. The molecule has 0 spiro atoms. The Balaban J connectivity index is 2.10. The summed E-state index contributed by atoms with van der Waals surface area (Å²) < 4.78 is 0. The van der Waals surface area contributed by atoms with Crippen molar-refractivity contribution in [1.29, 1.82) is 0 Å². The lowest BCUT2D eigenvalue weighted by atomic mass is 10.0. The Morgan fingerprint density at radius 2 is 1.95 bits per heavy atom. The first-order valence-corrected chi connectivity index (χ1v) is 7.59.